The lowest BCUT2D eigenvalue weighted by Gasteiger charge is -2.26. The van der Waals surface area contributed by atoms with E-state index in [0.717, 1.165) is 18.8 Å². The Morgan fingerprint density at radius 3 is 2.29 bits per heavy atom. The molecule has 4 rings (SSSR count). The van der Waals surface area contributed by atoms with Crippen molar-refractivity contribution in [2.45, 2.75) is 26.4 Å². The lowest BCUT2D eigenvalue weighted by atomic mass is 9.94. The summed E-state index contributed by atoms with van der Waals surface area (Å²) in [6.07, 6.45) is 1.63. The van der Waals surface area contributed by atoms with Crippen molar-refractivity contribution in [3.05, 3.63) is 88.2 Å². The summed E-state index contributed by atoms with van der Waals surface area (Å²) in [6.45, 7) is 5.92. The number of ketones is 1. The molecule has 1 aliphatic rings. The van der Waals surface area contributed by atoms with E-state index in [1.165, 1.54) is 31.3 Å². The van der Waals surface area contributed by atoms with Crippen LogP contribution in [0.15, 0.2) is 66.4 Å². The van der Waals surface area contributed by atoms with Crippen LogP contribution in [0, 0.1) is 0 Å². The zero-order valence-corrected chi connectivity index (χ0v) is 22.5. The highest BCUT2D eigenvalue weighted by molar-refractivity contribution is 6.46. The predicted octanol–water partition coefficient (Wildman–Crippen LogP) is 5.22. The highest BCUT2D eigenvalue weighted by Gasteiger charge is 2.46. The number of aromatic nitrogens is 1. The van der Waals surface area contributed by atoms with Gasteiger partial charge in [0.1, 0.15) is 17.3 Å². The molecule has 1 atom stereocenters. The summed E-state index contributed by atoms with van der Waals surface area (Å²) in [5, 5.41) is 11.7. The summed E-state index contributed by atoms with van der Waals surface area (Å²) in [5.74, 6) is -1.32. The van der Waals surface area contributed by atoms with Crippen LogP contribution in [0.1, 0.15) is 36.7 Å². The second kappa shape index (κ2) is 11.6. The van der Waals surface area contributed by atoms with Gasteiger partial charge in [0.05, 0.1) is 48.7 Å². The number of ether oxygens (including phenoxy) is 2. The van der Waals surface area contributed by atoms with Gasteiger partial charge in [-0.15, -0.1) is 0 Å². The molecule has 0 spiro atoms. The molecule has 2 aromatic carbocycles. The Labute approximate surface area is 227 Å². The van der Waals surface area contributed by atoms with Crippen LogP contribution in [0.5, 0.6) is 11.5 Å². The average Bonchev–Trinajstić information content (AvgIpc) is 3.19. The number of hydrogen-bond donors (Lipinski definition) is 1. The predicted molar refractivity (Wildman–Crippen MR) is 147 cm³/mol. The third-order valence-electron chi connectivity index (χ3n) is 6.66. The van der Waals surface area contributed by atoms with E-state index < -0.39 is 17.7 Å². The number of pyridine rings is 1. The van der Waals surface area contributed by atoms with E-state index in [9.17, 15) is 14.7 Å². The van der Waals surface area contributed by atoms with Crippen LogP contribution in [-0.4, -0.2) is 54.0 Å². The Hall–Kier alpha value is -4.04. The first-order valence-corrected chi connectivity index (χ1v) is 12.7. The van der Waals surface area contributed by atoms with E-state index in [2.05, 4.69) is 23.7 Å². The highest BCUT2D eigenvalue weighted by Crippen LogP contribution is 2.43. The number of nitrogens with zero attached hydrogens (tertiary/aromatic N) is 3. The maximum absolute atomic E-state index is 13.4. The summed E-state index contributed by atoms with van der Waals surface area (Å²) in [5.41, 5.74) is 2.43. The summed E-state index contributed by atoms with van der Waals surface area (Å²) >= 11 is 6.35. The zero-order chi connectivity index (χ0) is 27.4. The number of rotatable bonds is 9. The monoisotopic (exact) mass is 535 g/mol. The van der Waals surface area contributed by atoms with Gasteiger partial charge in [0.25, 0.3) is 11.7 Å². The molecule has 0 radical (unpaired) electrons. The van der Waals surface area contributed by atoms with Gasteiger partial charge < -0.3 is 24.4 Å². The van der Waals surface area contributed by atoms with Crippen molar-refractivity contribution in [1.82, 2.24) is 9.88 Å². The minimum Gasteiger partial charge on any atom is -0.507 e. The first-order valence-electron chi connectivity index (χ1n) is 12.3. The first kappa shape index (κ1) is 27.0. The maximum atomic E-state index is 13.4. The Bertz CT molecular complexity index is 1350. The molecule has 8 nitrogen and oxygen atoms in total. The summed E-state index contributed by atoms with van der Waals surface area (Å²) < 4.78 is 10.7. The van der Waals surface area contributed by atoms with E-state index in [-0.39, 0.29) is 34.2 Å². The summed E-state index contributed by atoms with van der Waals surface area (Å²) in [6, 6.07) is 15.2. The molecule has 0 aliphatic carbocycles. The largest absolute Gasteiger partial charge is 0.507 e. The van der Waals surface area contributed by atoms with E-state index in [1.54, 1.807) is 18.3 Å². The molecular formula is C29H30ClN3O5. The molecule has 38 heavy (non-hydrogen) atoms. The number of anilines is 1. The third-order valence-corrected chi connectivity index (χ3v) is 6.96. The van der Waals surface area contributed by atoms with E-state index >= 15 is 0 Å². The van der Waals surface area contributed by atoms with Gasteiger partial charge in [0.15, 0.2) is 0 Å². The third kappa shape index (κ3) is 5.04. The Morgan fingerprint density at radius 1 is 1.03 bits per heavy atom. The number of carbonyl (C=O) groups excluding carboxylic acids is 2. The van der Waals surface area contributed by atoms with Crippen molar-refractivity contribution in [1.29, 1.82) is 0 Å². The molecule has 1 fully saturated rings. The fourth-order valence-electron chi connectivity index (χ4n) is 4.70. The number of carbonyl (C=O) groups is 2. The summed E-state index contributed by atoms with van der Waals surface area (Å²) in [7, 11) is 2.90. The number of benzene rings is 2. The minimum atomic E-state index is -0.853. The van der Waals surface area contributed by atoms with Crippen LogP contribution in [0.4, 0.5) is 5.69 Å². The molecule has 2 heterocycles. The van der Waals surface area contributed by atoms with Gasteiger partial charge in [-0.25, -0.2) is 0 Å². The highest BCUT2D eigenvalue weighted by atomic mass is 35.5. The van der Waals surface area contributed by atoms with Gasteiger partial charge in [-0.3, -0.25) is 14.6 Å². The molecule has 1 saturated heterocycles. The number of methoxy groups -OCH3 is 2. The molecule has 1 N–H and O–H groups in total. The molecule has 198 valence electrons. The fraction of sp³-hybridized carbons (Fsp3) is 0.276. The lowest BCUT2D eigenvalue weighted by Crippen LogP contribution is -2.29. The Balaban J connectivity index is 1.89. The summed E-state index contributed by atoms with van der Waals surface area (Å²) in [4.78, 5) is 34.7. The van der Waals surface area contributed by atoms with Crippen LogP contribution in [0.3, 0.4) is 0 Å². The molecule has 1 amide bonds. The van der Waals surface area contributed by atoms with Gasteiger partial charge in [-0.2, -0.15) is 0 Å². The number of hydrogen-bond acceptors (Lipinski definition) is 7. The van der Waals surface area contributed by atoms with Crippen LogP contribution >= 0.6 is 11.6 Å². The molecular weight excluding hydrogens is 506 g/mol. The number of amides is 1. The van der Waals surface area contributed by atoms with Gasteiger partial charge in [0, 0.05) is 31.0 Å². The molecule has 1 aromatic heterocycles. The van der Waals surface area contributed by atoms with E-state index in [4.69, 9.17) is 21.1 Å². The second-order valence-electron chi connectivity index (χ2n) is 8.70. The zero-order valence-electron chi connectivity index (χ0n) is 21.8. The Kier molecular flexibility index (Phi) is 8.22. The Morgan fingerprint density at radius 2 is 1.71 bits per heavy atom. The number of aliphatic hydroxyl groups is 1. The van der Waals surface area contributed by atoms with E-state index in [1.807, 2.05) is 30.3 Å². The topological polar surface area (TPSA) is 92.2 Å². The van der Waals surface area contributed by atoms with E-state index in [0.29, 0.717) is 17.0 Å². The number of Topliss-reactive ketones (excluding diaryl/α,β-unsaturated/α-hetero) is 1. The molecule has 3 aromatic rings. The SMILES string of the molecule is CCN(CC)c1ccc(C2/C(=C(\O)c3cc(Cl)c(OC)cc3OC)C(=O)C(=O)N2Cc2ccccn2)cc1. The number of halogens is 1. The van der Waals surface area contributed by atoms with Gasteiger partial charge in [-0.1, -0.05) is 29.8 Å². The van der Waals surface area contributed by atoms with Gasteiger partial charge in [-0.05, 0) is 49.7 Å². The molecule has 0 bridgehead atoms. The number of aliphatic hydroxyl groups excluding tert-OH is 1. The molecule has 0 saturated carbocycles. The lowest BCUT2D eigenvalue weighted by molar-refractivity contribution is -0.140. The van der Waals surface area contributed by atoms with Crippen LogP contribution in [-0.2, 0) is 16.1 Å². The quantitative estimate of drug-likeness (QED) is 0.228. The fourth-order valence-corrected chi connectivity index (χ4v) is 4.94. The number of likely N-dealkylation sites (tertiary alicyclic amines) is 1. The van der Waals surface area contributed by atoms with Crippen LogP contribution in [0.25, 0.3) is 5.76 Å². The van der Waals surface area contributed by atoms with Crippen molar-refractivity contribution in [3.8, 4) is 11.5 Å². The van der Waals surface area contributed by atoms with Crippen molar-refractivity contribution >= 4 is 34.7 Å². The molecule has 1 unspecified atom stereocenters. The molecule has 1 aliphatic heterocycles. The normalized spacial score (nSPS) is 16.6. The van der Waals surface area contributed by atoms with Crippen molar-refractivity contribution in [2.24, 2.45) is 0 Å². The smallest absolute Gasteiger partial charge is 0.296 e. The average molecular weight is 536 g/mol. The second-order valence-corrected chi connectivity index (χ2v) is 9.11. The van der Waals surface area contributed by atoms with Gasteiger partial charge >= 0.3 is 0 Å². The minimum absolute atomic E-state index is 0.0546. The van der Waals surface area contributed by atoms with Crippen molar-refractivity contribution in [2.75, 3.05) is 32.2 Å². The van der Waals surface area contributed by atoms with Crippen LogP contribution in [0.2, 0.25) is 5.02 Å². The van der Waals surface area contributed by atoms with Crippen molar-refractivity contribution < 1.29 is 24.2 Å². The maximum Gasteiger partial charge on any atom is 0.296 e. The first-order chi connectivity index (χ1) is 18.3. The van der Waals surface area contributed by atoms with Gasteiger partial charge in [0.2, 0.25) is 0 Å². The molecule has 9 heteroatoms. The van der Waals surface area contributed by atoms with Crippen molar-refractivity contribution in [3.63, 3.8) is 0 Å². The van der Waals surface area contributed by atoms with Crippen LogP contribution < -0.4 is 14.4 Å². The standard InChI is InChI=1S/C29H30ClN3O5/c1-5-32(6-2)20-12-10-18(11-13-20)26-25(27(34)21-15-22(30)24(38-4)16-23(21)37-3)28(35)29(36)33(26)17-19-9-7-8-14-31-19/h7-16,26,34H,5-6,17H2,1-4H3/b27-25+.